The van der Waals surface area contributed by atoms with Crippen LogP contribution in [0.25, 0.3) is 0 Å². The quantitative estimate of drug-likeness (QED) is 0.438. The minimum atomic E-state index is -1.38. The second kappa shape index (κ2) is 6.75. The van der Waals surface area contributed by atoms with Crippen LogP contribution in [0.5, 0.6) is 0 Å². The van der Waals surface area contributed by atoms with Gasteiger partial charge in [-0.3, -0.25) is 4.79 Å². The minimum Gasteiger partial charge on any atom is -0.338 e. The van der Waals surface area contributed by atoms with E-state index in [-0.39, 0.29) is 11.7 Å². The molecule has 0 fully saturated rings. The predicted octanol–water partition coefficient (Wildman–Crippen LogP) is 3.56. The fraction of sp³-hybridized carbons (Fsp3) is 0.500. The zero-order valence-electron chi connectivity index (χ0n) is 11.6. The van der Waals surface area contributed by atoms with Crippen LogP contribution >= 0.6 is 23.4 Å². The highest BCUT2D eigenvalue weighted by molar-refractivity contribution is 8.01. The lowest BCUT2D eigenvalue weighted by Gasteiger charge is -2.34. The average molecular weight is 303 g/mol. The second-order valence-electron chi connectivity index (χ2n) is 4.73. The highest BCUT2D eigenvalue weighted by Gasteiger charge is 2.47. The van der Waals surface area contributed by atoms with Gasteiger partial charge in [-0.1, -0.05) is 43.8 Å². The van der Waals surface area contributed by atoms with Crippen LogP contribution < -0.4 is 0 Å². The van der Waals surface area contributed by atoms with Crippen LogP contribution in [0.1, 0.15) is 13.8 Å². The van der Waals surface area contributed by atoms with E-state index in [9.17, 15) is 4.79 Å². The van der Waals surface area contributed by atoms with Gasteiger partial charge in [0.15, 0.2) is 0 Å². The van der Waals surface area contributed by atoms with Gasteiger partial charge in [0.2, 0.25) is 5.78 Å². The van der Waals surface area contributed by atoms with Crippen LogP contribution in [0, 0.1) is 5.41 Å². The molecule has 5 heteroatoms. The highest BCUT2D eigenvalue weighted by atomic mass is 35.5. The van der Waals surface area contributed by atoms with Gasteiger partial charge < -0.3 is 9.47 Å². The summed E-state index contributed by atoms with van der Waals surface area (Å²) in [5, 5.41) is -1.38. The monoisotopic (exact) mass is 302 g/mol. The molecule has 0 spiro atoms. The molecule has 1 rings (SSSR count). The maximum atomic E-state index is 12.6. The number of carbonyl (C=O) groups is 1. The second-order valence-corrected chi connectivity index (χ2v) is 6.21. The molecular weight excluding hydrogens is 284 g/mol. The third-order valence-corrected chi connectivity index (χ3v) is 4.72. The minimum absolute atomic E-state index is 0.186. The molecule has 0 amide bonds. The van der Waals surface area contributed by atoms with E-state index in [0.29, 0.717) is 0 Å². The van der Waals surface area contributed by atoms with Crippen molar-refractivity contribution in [3.63, 3.8) is 0 Å². The molecule has 0 heterocycles. The fourth-order valence-corrected chi connectivity index (χ4v) is 2.78. The summed E-state index contributed by atoms with van der Waals surface area (Å²) in [6.45, 7) is 3.56. The summed E-state index contributed by atoms with van der Waals surface area (Å²) in [5.41, 5.74) is -0.727. The summed E-state index contributed by atoms with van der Waals surface area (Å²) < 4.78 is 10.7. The molecule has 0 atom stereocenters. The number of Topliss-reactive ketones (excluding diaryl/α,β-unsaturated/α-hetero) is 1. The molecule has 0 aromatic heterocycles. The van der Waals surface area contributed by atoms with Crippen molar-refractivity contribution in [2.75, 3.05) is 20.1 Å². The summed E-state index contributed by atoms with van der Waals surface area (Å²) in [6, 6.07) is 9.51. The number of rotatable bonds is 7. The van der Waals surface area contributed by atoms with E-state index in [1.54, 1.807) is 13.8 Å². The number of benzene rings is 1. The summed E-state index contributed by atoms with van der Waals surface area (Å²) in [7, 11) is 2.92. The van der Waals surface area contributed by atoms with Crippen molar-refractivity contribution < 1.29 is 14.3 Å². The summed E-state index contributed by atoms with van der Waals surface area (Å²) in [6.07, 6.45) is 0. The van der Waals surface area contributed by atoms with Gasteiger partial charge in [-0.25, -0.2) is 0 Å². The third kappa shape index (κ3) is 3.72. The number of alkyl halides is 1. The van der Waals surface area contributed by atoms with E-state index in [2.05, 4.69) is 0 Å². The summed E-state index contributed by atoms with van der Waals surface area (Å²) in [4.78, 5) is 13.5. The molecule has 0 bridgehead atoms. The van der Waals surface area contributed by atoms with E-state index in [0.717, 1.165) is 4.90 Å². The zero-order valence-corrected chi connectivity index (χ0v) is 13.2. The smallest absolute Gasteiger partial charge is 0.284 e. The molecule has 0 saturated heterocycles. The first-order chi connectivity index (χ1) is 8.91. The predicted molar refractivity (Wildman–Crippen MR) is 78.6 cm³/mol. The Bertz CT molecular complexity index is 416. The van der Waals surface area contributed by atoms with Crippen molar-refractivity contribution in [3.8, 4) is 0 Å². The maximum absolute atomic E-state index is 12.6. The fourth-order valence-electron chi connectivity index (χ4n) is 1.52. The number of hydrogen-bond donors (Lipinski definition) is 0. The Morgan fingerprint density at radius 2 is 1.74 bits per heavy atom. The Morgan fingerprint density at radius 3 is 2.16 bits per heavy atom. The molecule has 0 saturated carbocycles. The molecule has 0 aliphatic carbocycles. The van der Waals surface area contributed by atoms with E-state index in [4.69, 9.17) is 21.1 Å². The van der Waals surface area contributed by atoms with Gasteiger partial charge in [0.25, 0.3) is 5.12 Å². The Hall–Kier alpha value is -0.550. The lowest BCUT2D eigenvalue weighted by atomic mass is 9.90. The first-order valence-corrected chi connectivity index (χ1v) is 7.22. The topological polar surface area (TPSA) is 35.5 Å². The lowest BCUT2D eigenvalue weighted by Crippen LogP contribution is -2.47. The first kappa shape index (κ1) is 16.5. The lowest BCUT2D eigenvalue weighted by molar-refractivity contribution is -0.176. The average Bonchev–Trinajstić information content (AvgIpc) is 2.45. The number of halogens is 1. The van der Waals surface area contributed by atoms with Crippen LogP contribution in [0.15, 0.2) is 35.2 Å². The third-order valence-electron chi connectivity index (χ3n) is 2.76. The van der Waals surface area contributed by atoms with Crippen molar-refractivity contribution >= 4 is 29.1 Å². The number of hydrogen-bond acceptors (Lipinski definition) is 4. The normalized spacial score (nSPS) is 12.5. The number of carbonyl (C=O) groups excluding carboxylic acids is 1. The zero-order chi connectivity index (χ0) is 14.5. The molecule has 106 valence electrons. The van der Waals surface area contributed by atoms with Gasteiger partial charge >= 0.3 is 0 Å². The van der Waals surface area contributed by atoms with E-state index in [1.165, 1.54) is 26.0 Å². The van der Waals surface area contributed by atoms with E-state index >= 15 is 0 Å². The number of ketones is 1. The molecule has 0 radical (unpaired) electrons. The Labute approximate surface area is 123 Å². The van der Waals surface area contributed by atoms with Gasteiger partial charge in [0.1, 0.15) is 0 Å². The van der Waals surface area contributed by atoms with Crippen molar-refractivity contribution in [1.82, 2.24) is 0 Å². The maximum Gasteiger partial charge on any atom is 0.284 e. The van der Waals surface area contributed by atoms with Gasteiger partial charge in [-0.15, -0.1) is 11.6 Å². The molecule has 3 nitrogen and oxygen atoms in total. The van der Waals surface area contributed by atoms with Gasteiger partial charge in [-0.05, 0) is 12.1 Å². The molecular formula is C14H19ClO3S. The van der Waals surface area contributed by atoms with Gasteiger partial charge in [-0.2, -0.15) is 0 Å². The summed E-state index contributed by atoms with van der Waals surface area (Å²) >= 11 is 7.10. The SMILES string of the molecule is COC(OC)(Sc1ccccc1)C(=O)C(C)(C)CCl. The van der Waals surface area contributed by atoms with Gasteiger partial charge in [0.05, 0.1) is 0 Å². The number of thioether (sulfide) groups is 1. The molecule has 0 aliphatic heterocycles. The Balaban J connectivity index is 3.07. The first-order valence-electron chi connectivity index (χ1n) is 5.87. The van der Waals surface area contributed by atoms with Crippen molar-refractivity contribution in [1.29, 1.82) is 0 Å². The number of methoxy groups -OCH3 is 2. The van der Waals surface area contributed by atoms with Crippen LogP contribution in [0.2, 0.25) is 0 Å². The van der Waals surface area contributed by atoms with E-state index < -0.39 is 10.5 Å². The highest BCUT2D eigenvalue weighted by Crippen LogP contribution is 2.40. The molecule has 19 heavy (non-hydrogen) atoms. The van der Waals surface area contributed by atoms with Crippen LogP contribution in [0.3, 0.4) is 0 Å². The van der Waals surface area contributed by atoms with Crippen molar-refractivity contribution in [2.24, 2.45) is 5.41 Å². The molecule has 0 unspecified atom stereocenters. The Morgan fingerprint density at radius 1 is 1.21 bits per heavy atom. The molecule has 1 aromatic carbocycles. The van der Waals surface area contributed by atoms with Crippen LogP contribution in [-0.4, -0.2) is 31.0 Å². The standard InChI is InChI=1S/C14H19ClO3S/c1-13(2,10-15)12(16)14(17-3,18-4)19-11-8-6-5-7-9-11/h5-9H,10H2,1-4H3. The molecule has 0 N–H and O–H groups in total. The largest absolute Gasteiger partial charge is 0.338 e. The van der Waals surface area contributed by atoms with Crippen molar-refractivity contribution in [3.05, 3.63) is 30.3 Å². The van der Waals surface area contributed by atoms with Crippen molar-refractivity contribution in [2.45, 2.75) is 23.9 Å². The molecule has 1 aromatic rings. The number of ether oxygens (including phenoxy) is 2. The van der Waals surface area contributed by atoms with E-state index in [1.807, 2.05) is 30.3 Å². The Kier molecular flexibility index (Phi) is 5.86. The van der Waals surface area contributed by atoms with Crippen LogP contribution in [-0.2, 0) is 14.3 Å². The van der Waals surface area contributed by atoms with Crippen LogP contribution in [0.4, 0.5) is 0 Å². The summed E-state index contributed by atoms with van der Waals surface area (Å²) in [5.74, 6) is 0.0178. The molecule has 0 aliphatic rings. The van der Waals surface area contributed by atoms with Gasteiger partial charge in [0, 0.05) is 30.4 Å².